The molecule has 3 aromatic carbocycles. The van der Waals surface area contributed by atoms with Gasteiger partial charge in [0.1, 0.15) is 23.3 Å². The van der Waals surface area contributed by atoms with E-state index in [1.54, 1.807) is 35.2 Å². The number of nitrogens with zero attached hydrogens (tertiary/aromatic N) is 1. The van der Waals surface area contributed by atoms with Crippen LogP contribution in [0.15, 0.2) is 65.6 Å². The van der Waals surface area contributed by atoms with E-state index in [4.69, 9.17) is 49.6 Å². The summed E-state index contributed by atoms with van der Waals surface area (Å²) >= 11 is 19.3. The number of carbonyl (C=O) groups is 1. The van der Waals surface area contributed by atoms with Crippen molar-refractivity contribution in [3.8, 4) is 17.2 Å². The molecule has 3 aromatic rings. The topological polar surface area (TPSA) is 48.0 Å². The molecule has 0 unspecified atom stereocenters. The van der Waals surface area contributed by atoms with Crippen molar-refractivity contribution in [1.82, 2.24) is 4.90 Å². The first-order chi connectivity index (χ1) is 17.4. The summed E-state index contributed by atoms with van der Waals surface area (Å²) in [6.45, 7) is 2.91. The minimum Gasteiger partial charge on any atom is -0.493 e. The average Bonchev–Trinajstić information content (AvgIpc) is 3.12. The molecule has 0 aliphatic carbocycles. The van der Waals surface area contributed by atoms with Gasteiger partial charge in [0.2, 0.25) is 0 Å². The number of carbonyl (C=O) groups excluding carboxylic acids is 1. The van der Waals surface area contributed by atoms with Crippen LogP contribution in [0.3, 0.4) is 0 Å². The second-order valence-corrected chi connectivity index (χ2v) is 10.4. The van der Waals surface area contributed by atoms with Gasteiger partial charge in [0.25, 0.3) is 5.91 Å². The minimum atomic E-state index is -0.140. The molecule has 0 radical (unpaired) electrons. The summed E-state index contributed by atoms with van der Waals surface area (Å²) in [5, 5.41) is 1.05. The molecule has 0 spiro atoms. The standard InChI is InChI=1S/C27H23Cl2NO4S2/c1-17-12-20(8-9-21(17)28)33-10-11-34-25-22(29)13-19(14-23(25)32-2)15-24-26(31)30(27(35)36-24)16-18-6-4-3-5-7-18/h3-9,12-15H,10-11,16H2,1-2H3. The monoisotopic (exact) mass is 559 g/mol. The van der Waals surface area contributed by atoms with Crippen LogP contribution in [-0.4, -0.2) is 35.5 Å². The highest BCUT2D eigenvalue weighted by atomic mass is 35.5. The van der Waals surface area contributed by atoms with E-state index >= 15 is 0 Å². The maximum atomic E-state index is 13.0. The molecular weight excluding hydrogens is 537 g/mol. The number of benzene rings is 3. The Labute approximate surface area is 229 Å². The molecule has 36 heavy (non-hydrogen) atoms. The lowest BCUT2D eigenvalue weighted by Gasteiger charge is -2.15. The van der Waals surface area contributed by atoms with E-state index in [2.05, 4.69) is 0 Å². The van der Waals surface area contributed by atoms with Crippen molar-refractivity contribution in [2.45, 2.75) is 13.5 Å². The SMILES string of the molecule is COc1cc(C=C2SC(=S)N(Cc3ccccc3)C2=O)cc(Cl)c1OCCOc1ccc(Cl)c(C)c1. The van der Waals surface area contributed by atoms with Gasteiger partial charge in [0, 0.05) is 5.02 Å². The van der Waals surface area contributed by atoms with Gasteiger partial charge < -0.3 is 14.2 Å². The number of thiocarbonyl (C=S) groups is 1. The normalized spacial score (nSPS) is 14.4. The van der Waals surface area contributed by atoms with Crippen LogP contribution in [0.5, 0.6) is 17.2 Å². The number of methoxy groups -OCH3 is 1. The summed E-state index contributed by atoms with van der Waals surface area (Å²) in [5.74, 6) is 1.43. The fourth-order valence-electron chi connectivity index (χ4n) is 3.53. The molecule has 0 N–H and O–H groups in total. The quantitative estimate of drug-likeness (QED) is 0.157. The van der Waals surface area contributed by atoms with E-state index in [0.29, 0.717) is 55.2 Å². The van der Waals surface area contributed by atoms with Gasteiger partial charge >= 0.3 is 0 Å². The second kappa shape index (κ2) is 12.0. The van der Waals surface area contributed by atoms with E-state index in [1.165, 1.54) is 18.9 Å². The number of aryl methyl sites for hydroxylation is 1. The number of thioether (sulfide) groups is 1. The second-order valence-electron chi connectivity index (χ2n) is 7.90. The highest BCUT2D eigenvalue weighted by Crippen LogP contribution is 2.39. The Balaban J connectivity index is 1.42. The Hall–Kier alpha value is -2.71. The third-order valence-electron chi connectivity index (χ3n) is 5.33. The van der Waals surface area contributed by atoms with Crippen molar-refractivity contribution in [3.63, 3.8) is 0 Å². The van der Waals surface area contributed by atoms with Gasteiger partial charge in [-0.3, -0.25) is 9.69 Å². The van der Waals surface area contributed by atoms with Crippen molar-refractivity contribution in [2.24, 2.45) is 0 Å². The molecular formula is C27H23Cl2NO4S2. The van der Waals surface area contributed by atoms with Crippen LogP contribution < -0.4 is 14.2 Å². The number of halogens is 2. The number of ether oxygens (including phenoxy) is 3. The Bertz CT molecular complexity index is 1310. The molecule has 5 nitrogen and oxygen atoms in total. The summed E-state index contributed by atoms with van der Waals surface area (Å²) in [6.07, 6.45) is 1.76. The van der Waals surface area contributed by atoms with Crippen LogP contribution in [-0.2, 0) is 11.3 Å². The number of rotatable bonds is 9. The van der Waals surface area contributed by atoms with Crippen LogP contribution in [0, 0.1) is 6.92 Å². The first-order valence-electron chi connectivity index (χ1n) is 11.0. The molecule has 0 atom stereocenters. The first-order valence-corrected chi connectivity index (χ1v) is 13.0. The van der Waals surface area contributed by atoms with Crippen molar-refractivity contribution in [1.29, 1.82) is 0 Å². The van der Waals surface area contributed by atoms with Gasteiger partial charge in [-0.1, -0.05) is 77.5 Å². The zero-order chi connectivity index (χ0) is 25.7. The zero-order valence-corrected chi connectivity index (χ0v) is 22.8. The summed E-state index contributed by atoms with van der Waals surface area (Å²) in [7, 11) is 1.54. The average molecular weight is 561 g/mol. The van der Waals surface area contributed by atoms with Gasteiger partial charge in [0.05, 0.1) is 23.6 Å². The molecule has 0 aromatic heterocycles. The molecule has 4 rings (SSSR count). The minimum absolute atomic E-state index is 0.140. The highest BCUT2D eigenvalue weighted by molar-refractivity contribution is 8.26. The highest BCUT2D eigenvalue weighted by Gasteiger charge is 2.32. The molecule has 1 aliphatic heterocycles. The van der Waals surface area contributed by atoms with Gasteiger partial charge in [-0.25, -0.2) is 0 Å². The Morgan fingerprint density at radius 2 is 1.75 bits per heavy atom. The van der Waals surface area contributed by atoms with E-state index < -0.39 is 0 Å². The van der Waals surface area contributed by atoms with Gasteiger partial charge in [-0.05, 0) is 60.0 Å². The molecule has 186 valence electrons. The van der Waals surface area contributed by atoms with Crippen molar-refractivity contribution < 1.29 is 19.0 Å². The molecule has 0 saturated carbocycles. The predicted molar refractivity (Wildman–Crippen MR) is 150 cm³/mol. The molecule has 1 heterocycles. The van der Waals surface area contributed by atoms with Gasteiger partial charge in [-0.15, -0.1) is 0 Å². The number of hydrogen-bond acceptors (Lipinski definition) is 6. The molecule has 9 heteroatoms. The van der Waals surface area contributed by atoms with E-state index in [9.17, 15) is 4.79 Å². The molecule has 1 fully saturated rings. The van der Waals surface area contributed by atoms with Crippen LogP contribution in [0.2, 0.25) is 10.0 Å². The van der Waals surface area contributed by atoms with Crippen LogP contribution >= 0.6 is 47.2 Å². The van der Waals surface area contributed by atoms with Crippen molar-refractivity contribution in [2.75, 3.05) is 20.3 Å². The van der Waals surface area contributed by atoms with Crippen molar-refractivity contribution >= 4 is 63.5 Å². The van der Waals surface area contributed by atoms with Crippen LogP contribution in [0.1, 0.15) is 16.7 Å². The molecule has 0 bridgehead atoms. The number of hydrogen-bond donors (Lipinski definition) is 0. The summed E-state index contributed by atoms with van der Waals surface area (Å²) in [4.78, 5) is 15.1. The molecule has 1 aliphatic rings. The van der Waals surface area contributed by atoms with Crippen LogP contribution in [0.25, 0.3) is 6.08 Å². The Kier molecular flexibility index (Phi) is 8.80. The largest absolute Gasteiger partial charge is 0.493 e. The van der Waals surface area contributed by atoms with Gasteiger partial charge in [0.15, 0.2) is 11.5 Å². The fraction of sp³-hybridized carbons (Fsp3) is 0.185. The lowest BCUT2D eigenvalue weighted by atomic mass is 10.1. The third kappa shape index (κ3) is 6.34. The number of amides is 1. The Morgan fingerprint density at radius 3 is 2.47 bits per heavy atom. The summed E-state index contributed by atoms with van der Waals surface area (Å²) in [6, 6.07) is 18.7. The summed E-state index contributed by atoms with van der Waals surface area (Å²) < 4.78 is 17.6. The predicted octanol–water partition coefficient (Wildman–Crippen LogP) is 7.17. The van der Waals surface area contributed by atoms with E-state index in [1.807, 2.05) is 43.3 Å². The third-order valence-corrected chi connectivity index (χ3v) is 7.42. The lowest BCUT2D eigenvalue weighted by Crippen LogP contribution is -2.27. The lowest BCUT2D eigenvalue weighted by molar-refractivity contribution is -0.122. The molecule has 1 saturated heterocycles. The fourth-order valence-corrected chi connectivity index (χ4v) is 5.17. The maximum Gasteiger partial charge on any atom is 0.266 e. The summed E-state index contributed by atoms with van der Waals surface area (Å²) in [5.41, 5.74) is 2.65. The van der Waals surface area contributed by atoms with Crippen molar-refractivity contribution in [3.05, 3.63) is 92.3 Å². The zero-order valence-electron chi connectivity index (χ0n) is 19.6. The van der Waals surface area contributed by atoms with E-state index in [-0.39, 0.29) is 12.5 Å². The van der Waals surface area contributed by atoms with Crippen LogP contribution in [0.4, 0.5) is 0 Å². The first kappa shape index (κ1) is 26.4. The van der Waals surface area contributed by atoms with E-state index in [0.717, 1.165) is 11.1 Å². The Morgan fingerprint density at radius 1 is 1.00 bits per heavy atom. The maximum absolute atomic E-state index is 13.0. The molecule has 1 amide bonds. The van der Waals surface area contributed by atoms with Gasteiger partial charge in [-0.2, -0.15) is 0 Å². The smallest absolute Gasteiger partial charge is 0.266 e.